The SMILES string of the molecule is CC(C)c1cc(C(C)(C)CC(C)(C)C)ccc1O. The average Bonchev–Trinajstić information content (AvgIpc) is 2.13. The van der Waals surface area contributed by atoms with E-state index in [-0.39, 0.29) is 5.41 Å². The highest BCUT2D eigenvalue weighted by Gasteiger charge is 2.27. The van der Waals surface area contributed by atoms with Crippen LogP contribution in [0.15, 0.2) is 18.2 Å². The van der Waals surface area contributed by atoms with E-state index in [4.69, 9.17) is 0 Å². The first-order valence-corrected chi connectivity index (χ1v) is 6.86. The van der Waals surface area contributed by atoms with Gasteiger partial charge in [-0.1, -0.05) is 60.6 Å². The highest BCUT2D eigenvalue weighted by Crippen LogP contribution is 2.38. The van der Waals surface area contributed by atoms with Crippen LogP contribution in [0, 0.1) is 5.41 Å². The molecule has 0 bridgehead atoms. The van der Waals surface area contributed by atoms with Crippen molar-refractivity contribution in [2.45, 2.75) is 66.2 Å². The number of phenols is 1. The van der Waals surface area contributed by atoms with Crippen molar-refractivity contribution in [1.29, 1.82) is 0 Å². The second kappa shape index (κ2) is 4.95. The third kappa shape index (κ3) is 3.76. The fourth-order valence-corrected chi connectivity index (χ4v) is 2.87. The molecule has 0 aliphatic heterocycles. The summed E-state index contributed by atoms with van der Waals surface area (Å²) >= 11 is 0. The predicted molar refractivity (Wildman–Crippen MR) is 79.3 cm³/mol. The molecule has 0 saturated heterocycles. The Kier molecular flexibility index (Phi) is 4.15. The lowest BCUT2D eigenvalue weighted by Gasteiger charge is -2.33. The molecule has 0 atom stereocenters. The van der Waals surface area contributed by atoms with Gasteiger partial charge in [0.2, 0.25) is 0 Å². The molecule has 0 heterocycles. The molecule has 1 N–H and O–H groups in total. The van der Waals surface area contributed by atoms with Gasteiger partial charge in [-0.25, -0.2) is 0 Å². The molecule has 1 aromatic carbocycles. The van der Waals surface area contributed by atoms with Gasteiger partial charge in [-0.15, -0.1) is 0 Å². The van der Waals surface area contributed by atoms with Gasteiger partial charge in [0.1, 0.15) is 5.75 Å². The quantitative estimate of drug-likeness (QED) is 0.776. The summed E-state index contributed by atoms with van der Waals surface area (Å²) in [5.74, 6) is 0.774. The van der Waals surface area contributed by atoms with Gasteiger partial charge >= 0.3 is 0 Å². The van der Waals surface area contributed by atoms with E-state index in [1.165, 1.54) is 5.56 Å². The van der Waals surface area contributed by atoms with Crippen LogP contribution in [-0.2, 0) is 5.41 Å². The summed E-state index contributed by atoms with van der Waals surface area (Å²) in [7, 11) is 0. The second-order valence-electron chi connectivity index (χ2n) is 7.55. The van der Waals surface area contributed by atoms with E-state index in [9.17, 15) is 5.11 Å². The van der Waals surface area contributed by atoms with Crippen LogP contribution in [-0.4, -0.2) is 5.11 Å². The van der Waals surface area contributed by atoms with Crippen LogP contribution in [0.1, 0.15) is 71.9 Å². The number of hydrogen-bond acceptors (Lipinski definition) is 1. The van der Waals surface area contributed by atoms with Crippen molar-refractivity contribution in [3.05, 3.63) is 29.3 Å². The van der Waals surface area contributed by atoms with Crippen molar-refractivity contribution >= 4 is 0 Å². The number of aromatic hydroxyl groups is 1. The van der Waals surface area contributed by atoms with Gasteiger partial charge < -0.3 is 5.11 Å². The third-order valence-electron chi connectivity index (χ3n) is 3.40. The number of phenolic OH excluding ortho intramolecular Hbond substituents is 1. The summed E-state index contributed by atoms with van der Waals surface area (Å²) in [6.45, 7) is 15.6. The van der Waals surface area contributed by atoms with E-state index in [1.807, 2.05) is 6.07 Å². The maximum atomic E-state index is 9.90. The van der Waals surface area contributed by atoms with Crippen LogP contribution in [0.4, 0.5) is 0 Å². The largest absolute Gasteiger partial charge is 0.508 e. The molecule has 1 nitrogen and oxygen atoms in total. The lowest BCUT2D eigenvalue weighted by atomic mass is 9.72. The molecule has 0 fully saturated rings. The van der Waals surface area contributed by atoms with Crippen LogP contribution >= 0.6 is 0 Å². The van der Waals surface area contributed by atoms with Crippen LogP contribution in [0.25, 0.3) is 0 Å². The third-order valence-corrected chi connectivity index (χ3v) is 3.40. The molecular weight excluding hydrogens is 220 g/mol. The molecular formula is C17H28O. The Labute approximate surface area is 112 Å². The molecule has 1 aromatic rings. The molecule has 0 aliphatic rings. The van der Waals surface area contributed by atoms with Crippen molar-refractivity contribution in [2.24, 2.45) is 5.41 Å². The van der Waals surface area contributed by atoms with Gasteiger partial charge in [0.15, 0.2) is 0 Å². The molecule has 102 valence electrons. The fraction of sp³-hybridized carbons (Fsp3) is 0.647. The van der Waals surface area contributed by atoms with Gasteiger partial charge in [-0.2, -0.15) is 0 Å². The number of rotatable bonds is 3. The maximum Gasteiger partial charge on any atom is 0.119 e. The minimum Gasteiger partial charge on any atom is -0.508 e. The normalized spacial score (nSPS) is 13.1. The molecule has 0 unspecified atom stereocenters. The molecule has 0 aromatic heterocycles. The summed E-state index contributed by atoms with van der Waals surface area (Å²) in [6.07, 6.45) is 1.13. The van der Waals surface area contributed by atoms with Gasteiger partial charge in [-0.05, 0) is 40.4 Å². The Hall–Kier alpha value is -0.980. The van der Waals surface area contributed by atoms with Crippen LogP contribution in [0.5, 0.6) is 5.75 Å². The minimum absolute atomic E-state index is 0.135. The van der Waals surface area contributed by atoms with E-state index >= 15 is 0 Å². The van der Waals surface area contributed by atoms with E-state index < -0.39 is 0 Å². The number of benzene rings is 1. The van der Waals surface area contributed by atoms with Crippen molar-refractivity contribution in [3.63, 3.8) is 0 Å². The standard InChI is InChI=1S/C17H28O/c1-12(2)14-10-13(8-9-15(14)18)17(6,7)11-16(3,4)5/h8-10,12,18H,11H2,1-7H3. The Bertz CT molecular complexity index is 408. The summed E-state index contributed by atoms with van der Waals surface area (Å²) in [5.41, 5.74) is 2.81. The summed E-state index contributed by atoms with van der Waals surface area (Å²) < 4.78 is 0. The minimum atomic E-state index is 0.135. The first-order chi connectivity index (χ1) is 8.03. The topological polar surface area (TPSA) is 20.2 Å². The number of hydrogen-bond donors (Lipinski definition) is 1. The summed E-state index contributed by atoms with van der Waals surface area (Å²) in [4.78, 5) is 0. The zero-order chi connectivity index (χ0) is 14.1. The molecule has 0 amide bonds. The highest BCUT2D eigenvalue weighted by atomic mass is 16.3. The molecule has 0 spiro atoms. The Balaban J connectivity index is 3.13. The molecule has 0 radical (unpaired) electrons. The molecule has 18 heavy (non-hydrogen) atoms. The first-order valence-electron chi connectivity index (χ1n) is 6.86. The average molecular weight is 248 g/mol. The van der Waals surface area contributed by atoms with Crippen LogP contribution in [0.3, 0.4) is 0 Å². The second-order valence-corrected chi connectivity index (χ2v) is 7.55. The first kappa shape index (κ1) is 15.1. The smallest absolute Gasteiger partial charge is 0.119 e. The van der Waals surface area contributed by atoms with Crippen molar-refractivity contribution in [1.82, 2.24) is 0 Å². The highest BCUT2D eigenvalue weighted by molar-refractivity contribution is 5.40. The molecule has 0 aliphatic carbocycles. The lowest BCUT2D eigenvalue weighted by Crippen LogP contribution is -2.25. The molecule has 1 heteroatoms. The van der Waals surface area contributed by atoms with Crippen molar-refractivity contribution in [3.8, 4) is 5.75 Å². The fourth-order valence-electron chi connectivity index (χ4n) is 2.87. The summed E-state index contributed by atoms with van der Waals surface area (Å²) in [6, 6.07) is 6.08. The molecule has 0 saturated carbocycles. The van der Waals surface area contributed by atoms with Gasteiger partial charge in [0.25, 0.3) is 0 Å². The summed E-state index contributed by atoms with van der Waals surface area (Å²) in [5, 5.41) is 9.90. The monoisotopic (exact) mass is 248 g/mol. The van der Waals surface area contributed by atoms with Crippen LogP contribution < -0.4 is 0 Å². The van der Waals surface area contributed by atoms with Gasteiger partial charge in [0, 0.05) is 0 Å². The van der Waals surface area contributed by atoms with Crippen LogP contribution in [0.2, 0.25) is 0 Å². The van der Waals surface area contributed by atoms with E-state index in [0.29, 0.717) is 17.1 Å². The van der Waals surface area contributed by atoms with Crippen molar-refractivity contribution < 1.29 is 5.11 Å². The lowest BCUT2D eigenvalue weighted by molar-refractivity contribution is 0.284. The van der Waals surface area contributed by atoms with E-state index in [0.717, 1.165) is 12.0 Å². The van der Waals surface area contributed by atoms with E-state index in [1.54, 1.807) is 0 Å². The van der Waals surface area contributed by atoms with Gasteiger partial charge in [-0.3, -0.25) is 0 Å². The Morgan fingerprint density at radius 1 is 1.06 bits per heavy atom. The Morgan fingerprint density at radius 2 is 1.61 bits per heavy atom. The van der Waals surface area contributed by atoms with E-state index in [2.05, 4.69) is 60.6 Å². The Morgan fingerprint density at radius 3 is 2.06 bits per heavy atom. The zero-order valence-corrected chi connectivity index (χ0v) is 13.0. The zero-order valence-electron chi connectivity index (χ0n) is 13.0. The van der Waals surface area contributed by atoms with Gasteiger partial charge in [0.05, 0.1) is 0 Å². The maximum absolute atomic E-state index is 9.90. The predicted octanol–water partition coefficient (Wildman–Crippen LogP) is 5.23. The van der Waals surface area contributed by atoms with Crippen molar-refractivity contribution in [2.75, 3.05) is 0 Å². The molecule has 1 rings (SSSR count).